The van der Waals surface area contributed by atoms with Crippen LogP contribution in [0.4, 0.5) is 0 Å². The summed E-state index contributed by atoms with van der Waals surface area (Å²) in [6, 6.07) is 7.45. The van der Waals surface area contributed by atoms with Crippen LogP contribution >= 0.6 is 11.3 Å². The predicted octanol–water partition coefficient (Wildman–Crippen LogP) is 4.69. The fraction of sp³-hybridized carbons (Fsp3) is 0.346. The summed E-state index contributed by atoms with van der Waals surface area (Å²) in [7, 11) is 0. The number of nitrogens with zero attached hydrogens (tertiary/aromatic N) is 2. The summed E-state index contributed by atoms with van der Waals surface area (Å²) in [4.78, 5) is 16.2. The molecule has 35 heavy (non-hydrogen) atoms. The Kier molecular flexibility index (Phi) is 9.13. The van der Waals surface area contributed by atoms with Gasteiger partial charge in [-0.3, -0.25) is 4.79 Å². The van der Waals surface area contributed by atoms with Crippen molar-refractivity contribution in [3.05, 3.63) is 52.1 Å². The molecule has 1 aliphatic carbocycles. The normalized spacial score (nSPS) is 18.8. The maximum atomic E-state index is 12.3. The van der Waals surface area contributed by atoms with Crippen LogP contribution in [0, 0.1) is 23.7 Å². The Morgan fingerprint density at radius 2 is 2.29 bits per heavy atom. The van der Waals surface area contributed by atoms with Crippen LogP contribution in [-0.2, 0) is 16.2 Å². The van der Waals surface area contributed by atoms with Crippen LogP contribution in [0.2, 0.25) is 0 Å². The van der Waals surface area contributed by atoms with E-state index < -0.39 is 17.3 Å². The Hall–Kier alpha value is -3.08. The van der Waals surface area contributed by atoms with E-state index in [1.807, 2.05) is 32.9 Å². The number of allylic oxidation sites excluding steroid dienone is 2. The molecule has 9 heteroatoms. The number of ether oxygens (including phenoxy) is 1. The number of hydrogen-bond donors (Lipinski definition) is 2. The van der Waals surface area contributed by atoms with E-state index in [0.29, 0.717) is 24.2 Å². The van der Waals surface area contributed by atoms with Crippen LogP contribution in [0.5, 0.6) is 5.75 Å². The molecule has 1 heterocycles. The molecule has 0 spiro atoms. The van der Waals surface area contributed by atoms with E-state index in [1.54, 1.807) is 18.3 Å². The molecule has 0 bridgehead atoms. The maximum Gasteiger partial charge on any atom is 0.308 e. The first-order chi connectivity index (χ1) is 16.8. The van der Waals surface area contributed by atoms with E-state index in [2.05, 4.69) is 21.7 Å². The number of nitrogens with one attached hydrogen (secondary N) is 1. The van der Waals surface area contributed by atoms with Gasteiger partial charge in [0.2, 0.25) is 0 Å². The first-order valence-corrected chi connectivity index (χ1v) is 13.3. The number of aromatic nitrogens is 1. The topological polar surface area (TPSA) is 118 Å². The molecule has 1 saturated carbocycles. The highest BCUT2D eigenvalue weighted by Crippen LogP contribution is 2.39. The third-order valence-corrected chi connectivity index (χ3v) is 7.59. The van der Waals surface area contributed by atoms with Crippen molar-refractivity contribution in [3.63, 3.8) is 0 Å². The first-order valence-electron chi connectivity index (χ1n) is 11.2. The van der Waals surface area contributed by atoms with Crippen molar-refractivity contribution in [3.8, 4) is 34.7 Å². The molecule has 1 aromatic carbocycles. The molecule has 2 unspecified atom stereocenters. The molecule has 0 saturated heterocycles. The molecule has 1 aromatic heterocycles. The fourth-order valence-corrected chi connectivity index (χ4v) is 5.89. The van der Waals surface area contributed by atoms with E-state index in [9.17, 15) is 14.6 Å². The van der Waals surface area contributed by atoms with E-state index in [0.717, 1.165) is 32.2 Å². The number of benzene rings is 1. The van der Waals surface area contributed by atoms with Crippen molar-refractivity contribution in [2.75, 3.05) is 5.75 Å². The zero-order chi connectivity index (χ0) is 25.5. The van der Waals surface area contributed by atoms with Gasteiger partial charge in [0.05, 0.1) is 29.0 Å². The van der Waals surface area contributed by atoms with Crippen LogP contribution in [0.15, 0.2) is 41.6 Å². The second kappa shape index (κ2) is 12.1. The second-order valence-corrected chi connectivity index (χ2v) is 10.5. The Morgan fingerprint density at radius 3 is 2.91 bits per heavy atom. The number of terminal acetylenes is 1. The van der Waals surface area contributed by atoms with Crippen molar-refractivity contribution >= 4 is 34.2 Å². The fourth-order valence-electron chi connectivity index (χ4n) is 3.90. The zero-order valence-corrected chi connectivity index (χ0v) is 21.5. The third-order valence-electron chi connectivity index (χ3n) is 5.40. The molecule has 1 aliphatic rings. The molecule has 2 atom stereocenters. The standard InChI is InChI=1S/C26H27N3O4S2/c1-5-19-21(8-9-22(19)29-35(32)12-11-25(30)31)20(6-2)24-15-28-26(34-24)17-7-10-23(33-16(3)4)18(13-17)14-27/h2,5,7,10,13,15-16,22,29H,8-9,11-12H2,1,3-4H3,(H,30,31)/b19-5+,21-20+. The summed E-state index contributed by atoms with van der Waals surface area (Å²) in [5, 5.41) is 19.1. The van der Waals surface area contributed by atoms with Crippen molar-refractivity contribution in [2.24, 2.45) is 0 Å². The molecule has 3 rings (SSSR count). The van der Waals surface area contributed by atoms with Crippen LogP contribution in [-0.4, -0.2) is 38.5 Å². The lowest BCUT2D eigenvalue weighted by Crippen LogP contribution is -2.36. The first kappa shape index (κ1) is 26.5. The zero-order valence-electron chi connectivity index (χ0n) is 19.8. The molecule has 0 amide bonds. The van der Waals surface area contributed by atoms with Gasteiger partial charge in [0, 0.05) is 28.7 Å². The van der Waals surface area contributed by atoms with Crippen LogP contribution in [0.3, 0.4) is 0 Å². The quantitative estimate of drug-likeness (QED) is 0.372. The highest BCUT2D eigenvalue weighted by molar-refractivity contribution is 7.89. The monoisotopic (exact) mass is 509 g/mol. The molecule has 2 aromatic rings. The van der Waals surface area contributed by atoms with Gasteiger partial charge in [-0.15, -0.1) is 22.5 Å². The average Bonchev–Trinajstić information content (AvgIpc) is 3.46. The minimum Gasteiger partial charge on any atom is -0.598 e. The molecule has 182 valence electrons. The number of nitriles is 1. The van der Waals surface area contributed by atoms with E-state index in [-0.39, 0.29) is 24.3 Å². The van der Waals surface area contributed by atoms with Gasteiger partial charge in [-0.2, -0.15) is 5.26 Å². The van der Waals surface area contributed by atoms with Crippen molar-refractivity contribution in [1.82, 2.24) is 9.71 Å². The van der Waals surface area contributed by atoms with Gasteiger partial charge in [-0.1, -0.05) is 12.0 Å². The molecule has 7 nitrogen and oxygen atoms in total. The SMILES string of the molecule is C#C/C(=C1/CCC(N[S+]([O-])CCC(=O)O)/C1=C/C)c1cnc(-c2ccc(OC(C)C)c(C#N)c2)s1. The van der Waals surface area contributed by atoms with E-state index in [4.69, 9.17) is 16.3 Å². The Bertz CT molecular complexity index is 1230. The summed E-state index contributed by atoms with van der Waals surface area (Å²) >= 11 is -0.000792. The summed E-state index contributed by atoms with van der Waals surface area (Å²) in [6.45, 7) is 5.73. The molecule has 0 radical (unpaired) electrons. The molecule has 2 N–H and O–H groups in total. The number of rotatable bonds is 9. The van der Waals surface area contributed by atoms with Gasteiger partial charge >= 0.3 is 5.97 Å². The lowest BCUT2D eigenvalue weighted by Gasteiger charge is -2.17. The number of carbonyl (C=O) groups is 1. The van der Waals surface area contributed by atoms with E-state index >= 15 is 0 Å². The summed E-state index contributed by atoms with van der Waals surface area (Å²) < 4.78 is 21.0. The number of hydrogen-bond acceptors (Lipinski definition) is 7. The number of aliphatic carboxylic acids is 1. The maximum absolute atomic E-state index is 12.3. The van der Waals surface area contributed by atoms with Gasteiger partial charge in [0.25, 0.3) is 0 Å². The largest absolute Gasteiger partial charge is 0.598 e. The Balaban J connectivity index is 1.86. The highest BCUT2D eigenvalue weighted by atomic mass is 32.2. The second-order valence-electron chi connectivity index (χ2n) is 8.16. The van der Waals surface area contributed by atoms with Gasteiger partial charge in [0.1, 0.15) is 22.6 Å². The van der Waals surface area contributed by atoms with Crippen LogP contribution in [0.25, 0.3) is 16.1 Å². The van der Waals surface area contributed by atoms with E-state index in [1.165, 1.54) is 11.3 Å². The molecule has 0 aliphatic heterocycles. The summed E-state index contributed by atoms with van der Waals surface area (Å²) in [6.07, 6.45) is 10.9. The number of carboxylic acid groups (broad SMARTS) is 1. The predicted molar refractivity (Wildman–Crippen MR) is 139 cm³/mol. The number of thiazole rings is 1. The Labute approximate surface area is 212 Å². The summed E-state index contributed by atoms with van der Waals surface area (Å²) in [5.74, 6) is 2.43. The lowest BCUT2D eigenvalue weighted by molar-refractivity contribution is -0.136. The van der Waals surface area contributed by atoms with Crippen LogP contribution < -0.4 is 9.46 Å². The molecular weight excluding hydrogens is 482 g/mol. The van der Waals surface area contributed by atoms with Gasteiger partial charge in [-0.05, 0) is 63.0 Å². The van der Waals surface area contributed by atoms with Gasteiger partial charge < -0.3 is 14.4 Å². The molecule has 1 fully saturated rings. The van der Waals surface area contributed by atoms with Gasteiger partial charge in [0.15, 0.2) is 0 Å². The minimum atomic E-state index is -1.45. The van der Waals surface area contributed by atoms with Crippen molar-refractivity contribution < 1.29 is 19.2 Å². The van der Waals surface area contributed by atoms with Crippen LogP contribution in [0.1, 0.15) is 50.5 Å². The smallest absolute Gasteiger partial charge is 0.308 e. The highest BCUT2D eigenvalue weighted by Gasteiger charge is 2.31. The van der Waals surface area contributed by atoms with Crippen molar-refractivity contribution in [1.29, 1.82) is 5.26 Å². The summed E-state index contributed by atoms with van der Waals surface area (Å²) in [5.41, 5.74) is 3.96. The Morgan fingerprint density at radius 1 is 1.51 bits per heavy atom. The molecular formula is C26H27N3O4S2. The minimum absolute atomic E-state index is 0.0376. The van der Waals surface area contributed by atoms with Gasteiger partial charge in [-0.25, -0.2) is 4.98 Å². The third kappa shape index (κ3) is 6.53. The van der Waals surface area contributed by atoms with Crippen molar-refractivity contribution in [2.45, 2.75) is 52.2 Å². The average molecular weight is 510 g/mol. The lowest BCUT2D eigenvalue weighted by atomic mass is 10.0. The number of carboxylic acids is 1.